The maximum absolute atomic E-state index is 9.23. The maximum Gasteiger partial charge on any atom is 0.0991 e. The Morgan fingerprint density at radius 3 is 2.70 bits per heavy atom. The van der Waals surface area contributed by atoms with Gasteiger partial charge in [-0.25, -0.2) is 0 Å². The Balaban J connectivity index is 1.75. The van der Waals surface area contributed by atoms with Crippen LogP contribution in [-0.4, -0.2) is 11.4 Å². The molecule has 0 aliphatic carbocycles. The Morgan fingerprint density at radius 2 is 1.96 bits per heavy atom. The van der Waals surface area contributed by atoms with Crippen LogP contribution in [-0.2, 0) is 19.4 Å². The Morgan fingerprint density at radius 1 is 1.15 bits per heavy atom. The molecule has 2 aromatic carbocycles. The largest absolute Gasteiger partial charge is 0.287 e. The van der Waals surface area contributed by atoms with Crippen LogP contribution >= 0.6 is 11.3 Å². The molecule has 1 aromatic heterocycles. The molecule has 0 fully saturated rings. The van der Waals surface area contributed by atoms with Crippen LogP contribution in [0.3, 0.4) is 0 Å². The second kappa shape index (κ2) is 7.68. The lowest BCUT2D eigenvalue weighted by Gasteiger charge is -2.36. The molecule has 1 aliphatic rings. The second-order valence-corrected chi connectivity index (χ2v) is 8.44. The molecule has 1 aliphatic heterocycles. The first kappa shape index (κ1) is 18.0. The number of hydrogen-bond donors (Lipinski definition) is 0. The zero-order chi connectivity index (χ0) is 18.8. The predicted octanol–water partition coefficient (Wildman–Crippen LogP) is 5.64. The third-order valence-corrected chi connectivity index (χ3v) is 6.77. The summed E-state index contributed by atoms with van der Waals surface area (Å²) in [5, 5.41) is 9.23. The lowest BCUT2D eigenvalue weighted by Crippen LogP contribution is -2.35. The lowest BCUT2D eigenvalue weighted by atomic mass is 9.91. The van der Waals surface area contributed by atoms with E-state index in [1.165, 1.54) is 20.9 Å². The number of hydrogen-bond acceptors (Lipinski definition) is 3. The Labute approximate surface area is 165 Å². The van der Waals surface area contributed by atoms with Crippen LogP contribution in [0.2, 0.25) is 0 Å². The average molecular weight is 373 g/mol. The van der Waals surface area contributed by atoms with Crippen LogP contribution in [0.15, 0.2) is 54.6 Å². The van der Waals surface area contributed by atoms with Gasteiger partial charge in [-0.2, -0.15) is 5.26 Å². The highest BCUT2D eigenvalue weighted by atomic mass is 32.1. The summed E-state index contributed by atoms with van der Waals surface area (Å²) >= 11 is 1.97. The van der Waals surface area contributed by atoms with E-state index in [9.17, 15) is 5.26 Å². The third kappa shape index (κ3) is 3.43. The minimum Gasteiger partial charge on any atom is -0.287 e. The van der Waals surface area contributed by atoms with Crippen LogP contribution in [0.4, 0.5) is 0 Å². The Kier molecular flexibility index (Phi) is 5.11. The Bertz CT molecular complexity index is 981. The molecule has 1 atom stereocenters. The average Bonchev–Trinajstić information content (AvgIpc) is 3.03. The molecule has 0 spiro atoms. The Hall–Kier alpha value is -2.41. The van der Waals surface area contributed by atoms with Crippen molar-refractivity contribution in [2.45, 2.75) is 39.3 Å². The molecule has 3 heteroatoms. The minimum absolute atomic E-state index is 0.296. The summed E-state index contributed by atoms with van der Waals surface area (Å²) in [7, 11) is 0. The van der Waals surface area contributed by atoms with Gasteiger partial charge in [0.2, 0.25) is 0 Å². The highest BCUT2D eigenvalue weighted by molar-refractivity contribution is 7.12. The van der Waals surface area contributed by atoms with Gasteiger partial charge in [-0.3, -0.25) is 4.90 Å². The van der Waals surface area contributed by atoms with E-state index >= 15 is 0 Å². The fourth-order valence-electron chi connectivity index (χ4n) is 4.30. The van der Waals surface area contributed by atoms with Crippen molar-refractivity contribution < 1.29 is 0 Å². The van der Waals surface area contributed by atoms with Gasteiger partial charge >= 0.3 is 0 Å². The summed E-state index contributed by atoms with van der Waals surface area (Å²) < 4.78 is 0. The predicted molar refractivity (Wildman–Crippen MR) is 112 cm³/mol. The number of benzene rings is 2. The quantitative estimate of drug-likeness (QED) is 0.593. The molecular formula is C24H24N2S. The molecule has 0 bridgehead atoms. The van der Waals surface area contributed by atoms with Gasteiger partial charge in [-0.05, 0) is 54.2 Å². The molecule has 0 radical (unpaired) electrons. The van der Waals surface area contributed by atoms with Gasteiger partial charge in [0.25, 0.3) is 0 Å². The summed E-state index contributed by atoms with van der Waals surface area (Å²) in [5.41, 5.74) is 6.45. The van der Waals surface area contributed by atoms with Crippen molar-refractivity contribution in [1.29, 1.82) is 5.26 Å². The van der Waals surface area contributed by atoms with Crippen molar-refractivity contribution in [3.05, 3.63) is 92.2 Å². The molecule has 1 unspecified atom stereocenters. The smallest absolute Gasteiger partial charge is 0.0991 e. The molecule has 0 amide bonds. The molecule has 0 saturated carbocycles. The first-order chi connectivity index (χ1) is 13.2. The van der Waals surface area contributed by atoms with E-state index < -0.39 is 0 Å². The summed E-state index contributed by atoms with van der Waals surface area (Å²) in [4.78, 5) is 5.55. The highest BCUT2D eigenvalue weighted by Crippen LogP contribution is 2.43. The molecule has 2 heterocycles. The van der Waals surface area contributed by atoms with Gasteiger partial charge in [0.05, 0.1) is 17.7 Å². The summed E-state index contributed by atoms with van der Waals surface area (Å²) in [6.45, 7) is 6.46. The molecular weight excluding hydrogens is 348 g/mol. The van der Waals surface area contributed by atoms with E-state index in [1.807, 2.05) is 29.5 Å². The SMILES string of the molecule is CCc1c(C)sc2c1CCN(Cc1cccc(C#N)c1)C2c1ccccc1. The maximum atomic E-state index is 9.23. The van der Waals surface area contributed by atoms with E-state index in [0.717, 1.165) is 31.5 Å². The van der Waals surface area contributed by atoms with E-state index in [-0.39, 0.29) is 0 Å². The minimum atomic E-state index is 0.296. The van der Waals surface area contributed by atoms with Crippen LogP contribution in [0.1, 0.15) is 50.5 Å². The summed E-state index contributed by atoms with van der Waals surface area (Å²) in [5.74, 6) is 0. The van der Waals surface area contributed by atoms with Crippen molar-refractivity contribution in [2.24, 2.45) is 0 Å². The van der Waals surface area contributed by atoms with Gasteiger partial charge in [-0.15, -0.1) is 11.3 Å². The number of nitrogens with zero attached hydrogens (tertiary/aromatic N) is 2. The van der Waals surface area contributed by atoms with Crippen molar-refractivity contribution in [2.75, 3.05) is 6.54 Å². The molecule has 0 N–H and O–H groups in total. The highest BCUT2D eigenvalue weighted by Gasteiger charge is 2.32. The van der Waals surface area contributed by atoms with Crippen molar-refractivity contribution >= 4 is 11.3 Å². The molecule has 27 heavy (non-hydrogen) atoms. The zero-order valence-corrected chi connectivity index (χ0v) is 16.7. The first-order valence-electron chi connectivity index (χ1n) is 9.60. The molecule has 0 saturated heterocycles. The van der Waals surface area contributed by atoms with E-state index in [2.05, 4.69) is 61.2 Å². The van der Waals surface area contributed by atoms with Gasteiger partial charge in [-0.1, -0.05) is 49.4 Å². The van der Waals surface area contributed by atoms with Gasteiger partial charge < -0.3 is 0 Å². The number of nitriles is 1. The molecule has 2 nitrogen and oxygen atoms in total. The van der Waals surface area contributed by atoms with Crippen molar-refractivity contribution in [3.63, 3.8) is 0 Å². The van der Waals surface area contributed by atoms with Gasteiger partial charge in [0, 0.05) is 22.8 Å². The van der Waals surface area contributed by atoms with Gasteiger partial charge in [0.1, 0.15) is 0 Å². The number of aryl methyl sites for hydroxylation is 1. The standard InChI is InChI=1S/C24H24N2S/c1-3-21-17(2)27-24-22(21)12-13-26(23(24)20-10-5-4-6-11-20)16-19-9-7-8-18(14-19)15-25/h4-11,14,23H,3,12-13,16H2,1-2H3. The third-order valence-electron chi connectivity index (χ3n) is 5.52. The number of fused-ring (bicyclic) bond motifs is 1. The monoisotopic (exact) mass is 372 g/mol. The van der Waals surface area contributed by atoms with Crippen molar-refractivity contribution in [3.8, 4) is 6.07 Å². The van der Waals surface area contributed by atoms with E-state index in [0.29, 0.717) is 6.04 Å². The van der Waals surface area contributed by atoms with Crippen LogP contribution in [0.5, 0.6) is 0 Å². The normalized spacial score (nSPS) is 16.7. The topological polar surface area (TPSA) is 27.0 Å². The fourth-order valence-corrected chi connectivity index (χ4v) is 5.76. The van der Waals surface area contributed by atoms with Crippen LogP contribution < -0.4 is 0 Å². The lowest BCUT2D eigenvalue weighted by molar-refractivity contribution is 0.207. The number of rotatable bonds is 4. The van der Waals surface area contributed by atoms with E-state index in [4.69, 9.17) is 0 Å². The molecule has 4 rings (SSSR count). The zero-order valence-electron chi connectivity index (χ0n) is 15.9. The summed E-state index contributed by atoms with van der Waals surface area (Å²) in [6, 6.07) is 21.5. The fraction of sp³-hybridized carbons (Fsp3) is 0.292. The van der Waals surface area contributed by atoms with Crippen LogP contribution in [0.25, 0.3) is 0 Å². The van der Waals surface area contributed by atoms with E-state index in [1.54, 1.807) is 11.1 Å². The second-order valence-electron chi connectivity index (χ2n) is 7.18. The van der Waals surface area contributed by atoms with Gasteiger partial charge in [0.15, 0.2) is 0 Å². The first-order valence-corrected chi connectivity index (χ1v) is 10.4. The summed E-state index contributed by atoms with van der Waals surface area (Å²) in [6.07, 6.45) is 2.23. The molecule has 3 aromatic rings. The van der Waals surface area contributed by atoms with Crippen molar-refractivity contribution in [1.82, 2.24) is 4.90 Å². The van der Waals surface area contributed by atoms with Crippen LogP contribution in [0, 0.1) is 18.3 Å². The number of thiophene rings is 1. The molecule has 136 valence electrons.